The summed E-state index contributed by atoms with van der Waals surface area (Å²) in [4.78, 5) is 21.8. The van der Waals surface area contributed by atoms with Crippen molar-refractivity contribution in [2.75, 3.05) is 6.61 Å². The largest absolute Gasteiger partial charge is 0.493 e. The van der Waals surface area contributed by atoms with E-state index in [1.54, 1.807) is 18.2 Å². The Bertz CT molecular complexity index is 470. The number of carboxylic acid groups (broad SMARTS) is 1. The van der Waals surface area contributed by atoms with E-state index in [9.17, 15) is 9.59 Å². The number of fused-ring (bicyclic) bond motifs is 1. The van der Waals surface area contributed by atoms with Gasteiger partial charge in [-0.3, -0.25) is 9.59 Å². The molecule has 0 radical (unpaired) electrons. The van der Waals surface area contributed by atoms with Crippen molar-refractivity contribution >= 4 is 27.7 Å². The molecule has 1 aromatic carbocycles. The van der Waals surface area contributed by atoms with E-state index in [1.165, 1.54) is 0 Å². The Kier molecular flexibility index (Phi) is 3.47. The van der Waals surface area contributed by atoms with E-state index in [2.05, 4.69) is 15.9 Å². The molecule has 17 heavy (non-hydrogen) atoms. The third-order valence-electron chi connectivity index (χ3n) is 2.61. The number of hydrogen-bond donors (Lipinski definition) is 1. The molecule has 2 rings (SSSR count). The van der Waals surface area contributed by atoms with Gasteiger partial charge >= 0.3 is 5.97 Å². The standard InChI is InChI=1S/C12H11BrO4/c13-9(6-11(14)15)12(16)8-1-2-10-7(5-8)3-4-17-10/h1-2,5,9H,3-4,6H2,(H,14,15). The summed E-state index contributed by atoms with van der Waals surface area (Å²) in [6, 6.07) is 5.21. The number of alkyl halides is 1. The number of carbonyl (C=O) groups excluding carboxylic acids is 1. The van der Waals surface area contributed by atoms with Crippen molar-refractivity contribution in [2.24, 2.45) is 0 Å². The lowest BCUT2D eigenvalue weighted by Crippen LogP contribution is -2.18. The minimum absolute atomic E-state index is 0.206. The average molecular weight is 299 g/mol. The van der Waals surface area contributed by atoms with Crippen LogP contribution in [0.1, 0.15) is 22.3 Å². The number of benzene rings is 1. The fourth-order valence-electron chi connectivity index (χ4n) is 1.77. The van der Waals surface area contributed by atoms with Gasteiger partial charge in [-0.25, -0.2) is 0 Å². The van der Waals surface area contributed by atoms with E-state index < -0.39 is 10.8 Å². The van der Waals surface area contributed by atoms with Gasteiger partial charge in [-0.1, -0.05) is 15.9 Å². The second-order valence-corrected chi connectivity index (χ2v) is 4.96. The van der Waals surface area contributed by atoms with Crippen molar-refractivity contribution in [3.63, 3.8) is 0 Å². The number of carboxylic acids is 1. The average Bonchev–Trinajstić information content (AvgIpc) is 2.73. The van der Waals surface area contributed by atoms with E-state index in [0.29, 0.717) is 12.2 Å². The molecular formula is C12H11BrO4. The van der Waals surface area contributed by atoms with Crippen LogP contribution in [0.25, 0.3) is 0 Å². The number of Topliss-reactive ketones (excluding diaryl/α,β-unsaturated/α-hetero) is 1. The van der Waals surface area contributed by atoms with Gasteiger partial charge in [0.05, 0.1) is 17.9 Å². The van der Waals surface area contributed by atoms with E-state index >= 15 is 0 Å². The zero-order valence-electron chi connectivity index (χ0n) is 8.98. The van der Waals surface area contributed by atoms with Gasteiger partial charge in [0.2, 0.25) is 0 Å². The summed E-state index contributed by atoms with van der Waals surface area (Å²) < 4.78 is 5.34. The van der Waals surface area contributed by atoms with Crippen molar-refractivity contribution < 1.29 is 19.4 Å². The Labute approximate surface area is 107 Å². The van der Waals surface area contributed by atoms with Crippen LogP contribution in [0.5, 0.6) is 5.75 Å². The molecule has 1 aromatic rings. The van der Waals surface area contributed by atoms with E-state index in [1.807, 2.05) is 0 Å². The van der Waals surface area contributed by atoms with Crippen LogP contribution in [0.3, 0.4) is 0 Å². The number of ether oxygens (including phenoxy) is 1. The molecule has 1 aliphatic rings. The molecule has 0 fully saturated rings. The van der Waals surface area contributed by atoms with E-state index in [4.69, 9.17) is 9.84 Å². The lowest BCUT2D eigenvalue weighted by Gasteiger charge is -2.07. The third-order valence-corrected chi connectivity index (χ3v) is 3.35. The van der Waals surface area contributed by atoms with Gasteiger partial charge in [0.25, 0.3) is 0 Å². The van der Waals surface area contributed by atoms with Crippen LogP contribution in [-0.2, 0) is 11.2 Å². The summed E-state index contributed by atoms with van der Waals surface area (Å²) >= 11 is 3.10. The first-order valence-corrected chi connectivity index (χ1v) is 6.15. The number of rotatable bonds is 4. The second kappa shape index (κ2) is 4.87. The van der Waals surface area contributed by atoms with Crippen LogP contribution in [0.4, 0.5) is 0 Å². The lowest BCUT2D eigenvalue weighted by molar-refractivity contribution is -0.136. The number of ketones is 1. The number of aliphatic carboxylic acids is 1. The molecule has 1 heterocycles. The molecule has 90 valence electrons. The summed E-state index contributed by atoms with van der Waals surface area (Å²) in [5, 5.41) is 8.63. The summed E-state index contributed by atoms with van der Waals surface area (Å²) in [6.07, 6.45) is 0.578. The molecular weight excluding hydrogens is 288 g/mol. The molecule has 0 bridgehead atoms. The van der Waals surface area contributed by atoms with Crippen LogP contribution in [0, 0.1) is 0 Å². The molecule has 4 nitrogen and oxygen atoms in total. The highest BCUT2D eigenvalue weighted by Gasteiger charge is 2.22. The molecule has 1 N–H and O–H groups in total. The highest BCUT2D eigenvalue weighted by molar-refractivity contribution is 9.10. The SMILES string of the molecule is O=C(O)CC(Br)C(=O)c1ccc2c(c1)CCO2. The maximum Gasteiger partial charge on any atom is 0.304 e. The van der Waals surface area contributed by atoms with Crippen LogP contribution in [0.15, 0.2) is 18.2 Å². The van der Waals surface area contributed by atoms with Gasteiger partial charge < -0.3 is 9.84 Å². The first-order chi connectivity index (χ1) is 8.08. The number of halogens is 1. The van der Waals surface area contributed by atoms with Crippen molar-refractivity contribution in [3.8, 4) is 5.75 Å². The zero-order valence-corrected chi connectivity index (χ0v) is 10.6. The van der Waals surface area contributed by atoms with E-state index in [0.717, 1.165) is 17.7 Å². The van der Waals surface area contributed by atoms with Crippen LogP contribution >= 0.6 is 15.9 Å². The van der Waals surface area contributed by atoms with Crippen molar-refractivity contribution in [1.82, 2.24) is 0 Å². The van der Waals surface area contributed by atoms with Gasteiger partial charge in [-0.05, 0) is 23.8 Å². The molecule has 0 saturated heterocycles. The molecule has 1 aliphatic heterocycles. The first kappa shape index (κ1) is 12.1. The normalized spacial score (nSPS) is 14.9. The monoisotopic (exact) mass is 298 g/mol. The zero-order chi connectivity index (χ0) is 12.4. The van der Waals surface area contributed by atoms with Crippen molar-refractivity contribution in [2.45, 2.75) is 17.7 Å². The Balaban J connectivity index is 2.17. The molecule has 0 aromatic heterocycles. The molecule has 0 saturated carbocycles. The number of hydrogen-bond acceptors (Lipinski definition) is 3. The molecule has 1 atom stereocenters. The summed E-state index contributed by atoms with van der Waals surface area (Å²) in [7, 11) is 0. The highest BCUT2D eigenvalue weighted by Crippen LogP contribution is 2.27. The van der Waals surface area contributed by atoms with Crippen molar-refractivity contribution in [1.29, 1.82) is 0 Å². The van der Waals surface area contributed by atoms with Gasteiger partial charge in [0.15, 0.2) is 5.78 Å². The molecule has 0 aliphatic carbocycles. The van der Waals surface area contributed by atoms with Gasteiger partial charge in [0.1, 0.15) is 5.75 Å². The topological polar surface area (TPSA) is 63.6 Å². The lowest BCUT2D eigenvalue weighted by atomic mass is 10.0. The molecule has 1 unspecified atom stereocenters. The summed E-state index contributed by atoms with van der Waals surface area (Å²) in [5.74, 6) is -0.391. The predicted molar refractivity (Wildman–Crippen MR) is 64.9 cm³/mol. The maximum atomic E-state index is 11.9. The summed E-state index contributed by atoms with van der Waals surface area (Å²) in [5.41, 5.74) is 1.53. The van der Waals surface area contributed by atoms with Crippen molar-refractivity contribution in [3.05, 3.63) is 29.3 Å². The predicted octanol–water partition coefficient (Wildman–Crippen LogP) is 2.04. The number of carbonyl (C=O) groups is 2. The van der Waals surface area contributed by atoms with Gasteiger partial charge in [-0.15, -0.1) is 0 Å². The van der Waals surface area contributed by atoms with Crippen LogP contribution in [-0.4, -0.2) is 28.3 Å². The highest BCUT2D eigenvalue weighted by atomic mass is 79.9. The Morgan fingerprint density at radius 1 is 1.47 bits per heavy atom. The Morgan fingerprint density at radius 2 is 2.24 bits per heavy atom. The van der Waals surface area contributed by atoms with Gasteiger partial charge in [-0.2, -0.15) is 0 Å². The fraction of sp³-hybridized carbons (Fsp3) is 0.333. The smallest absolute Gasteiger partial charge is 0.304 e. The first-order valence-electron chi connectivity index (χ1n) is 5.23. The molecule has 5 heteroatoms. The van der Waals surface area contributed by atoms with Gasteiger partial charge in [0, 0.05) is 12.0 Å². The quantitative estimate of drug-likeness (QED) is 0.682. The minimum atomic E-state index is -0.996. The second-order valence-electron chi connectivity index (χ2n) is 3.85. The Morgan fingerprint density at radius 3 is 2.94 bits per heavy atom. The van der Waals surface area contributed by atoms with Crippen LogP contribution in [0.2, 0.25) is 0 Å². The molecule has 0 spiro atoms. The fourth-order valence-corrected chi connectivity index (χ4v) is 2.31. The molecule has 0 amide bonds. The van der Waals surface area contributed by atoms with Crippen LogP contribution < -0.4 is 4.74 Å². The van der Waals surface area contributed by atoms with E-state index in [-0.39, 0.29) is 12.2 Å². The summed E-state index contributed by atoms with van der Waals surface area (Å²) in [6.45, 7) is 0.639. The minimum Gasteiger partial charge on any atom is -0.493 e. The third kappa shape index (κ3) is 2.66. The Hall–Kier alpha value is -1.36. The maximum absolute atomic E-state index is 11.9.